The van der Waals surface area contributed by atoms with Crippen molar-refractivity contribution in [2.75, 3.05) is 7.11 Å². The molecule has 0 saturated heterocycles. The summed E-state index contributed by atoms with van der Waals surface area (Å²) in [5.74, 6) is 0.357. The van der Waals surface area contributed by atoms with E-state index in [4.69, 9.17) is 9.72 Å². The zero-order valence-corrected chi connectivity index (χ0v) is 16.5. The van der Waals surface area contributed by atoms with Crippen molar-refractivity contribution in [1.29, 1.82) is 0 Å². The van der Waals surface area contributed by atoms with Gasteiger partial charge >= 0.3 is 0 Å². The zero-order valence-electron chi connectivity index (χ0n) is 16.5. The van der Waals surface area contributed by atoms with Crippen LogP contribution in [0.15, 0.2) is 54.7 Å². The molecule has 1 amide bonds. The predicted octanol–water partition coefficient (Wildman–Crippen LogP) is 3.28. The summed E-state index contributed by atoms with van der Waals surface area (Å²) in [6.07, 6.45) is 1.69. The van der Waals surface area contributed by atoms with Gasteiger partial charge in [0.05, 0.1) is 29.4 Å². The molecule has 0 aliphatic carbocycles. The number of benzene rings is 1. The summed E-state index contributed by atoms with van der Waals surface area (Å²) in [7, 11) is 3.40. The molecule has 7 heteroatoms. The van der Waals surface area contributed by atoms with E-state index in [1.54, 1.807) is 24.1 Å². The van der Waals surface area contributed by atoms with Crippen LogP contribution in [0, 0.1) is 6.92 Å². The van der Waals surface area contributed by atoms with E-state index < -0.39 is 0 Å². The van der Waals surface area contributed by atoms with E-state index >= 15 is 0 Å². The molecule has 0 saturated carbocycles. The molecular formula is C22H21N5O2. The molecule has 4 rings (SSSR count). The molecule has 1 N–H and O–H groups in total. The van der Waals surface area contributed by atoms with Crippen LogP contribution in [0.4, 0.5) is 0 Å². The lowest BCUT2D eigenvalue weighted by atomic mass is 10.0. The van der Waals surface area contributed by atoms with Gasteiger partial charge in [-0.05, 0) is 18.6 Å². The van der Waals surface area contributed by atoms with Crippen molar-refractivity contribution in [2.45, 2.75) is 13.5 Å². The average molecular weight is 387 g/mol. The second-order valence-corrected chi connectivity index (χ2v) is 6.72. The molecule has 3 aromatic heterocycles. The van der Waals surface area contributed by atoms with E-state index in [9.17, 15) is 4.79 Å². The van der Waals surface area contributed by atoms with Crippen LogP contribution < -0.4 is 10.1 Å². The highest BCUT2D eigenvalue weighted by molar-refractivity contribution is 6.07. The molecular weight excluding hydrogens is 366 g/mol. The quantitative estimate of drug-likeness (QED) is 0.568. The molecule has 0 spiro atoms. The molecule has 0 fully saturated rings. The summed E-state index contributed by atoms with van der Waals surface area (Å²) in [4.78, 5) is 22.0. The lowest BCUT2D eigenvalue weighted by Gasteiger charge is -2.10. The van der Waals surface area contributed by atoms with Crippen LogP contribution >= 0.6 is 0 Å². The van der Waals surface area contributed by atoms with Crippen LogP contribution in [-0.2, 0) is 13.6 Å². The first-order valence-corrected chi connectivity index (χ1v) is 9.23. The minimum atomic E-state index is -0.179. The molecule has 0 radical (unpaired) electrons. The number of fused-ring (bicyclic) bond motifs is 1. The maximum Gasteiger partial charge on any atom is 0.252 e. The largest absolute Gasteiger partial charge is 0.481 e. The Kier molecular flexibility index (Phi) is 4.95. The first-order chi connectivity index (χ1) is 14.1. The third-order valence-electron chi connectivity index (χ3n) is 4.74. The topological polar surface area (TPSA) is 81.9 Å². The third kappa shape index (κ3) is 3.67. The number of nitrogens with one attached hydrogen (secondary N) is 1. The summed E-state index contributed by atoms with van der Waals surface area (Å²) >= 11 is 0. The lowest BCUT2D eigenvalue weighted by molar-refractivity contribution is 0.0952. The van der Waals surface area contributed by atoms with Crippen LogP contribution in [-0.4, -0.2) is 32.8 Å². The number of aromatic nitrogens is 4. The van der Waals surface area contributed by atoms with E-state index in [2.05, 4.69) is 15.4 Å². The van der Waals surface area contributed by atoms with Crippen LogP contribution in [0.25, 0.3) is 22.3 Å². The molecule has 1 aromatic carbocycles. The van der Waals surface area contributed by atoms with Gasteiger partial charge in [-0.15, -0.1) is 0 Å². The molecule has 0 unspecified atom stereocenters. The summed E-state index contributed by atoms with van der Waals surface area (Å²) in [5.41, 5.74) is 4.57. The molecule has 3 heterocycles. The fourth-order valence-electron chi connectivity index (χ4n) is 3.29. The first-order valence-electron chi connectivity index (χ1n) is 9.23. The zero-order chi connectivity index (χ0) is 20.4. The van der Waals surface area contributed by atoms with Crippen molar-refractivity contribution >= 4 is 16.9 Å². The molecule has 4 aromatic rings. The van der Waals surface area contributed by atoms with Crippen molar-refractivity contribution in [3.8, 4) is 17.1 Å². The third-order valence-corrected chi connectivity index (χ3v) is 4.74. The highest BCUT2D eigenvalue weighted by Gasteiger charge is 2.19. The Hall–Kier alpha value is -3.74. The SMILES string of the molecule is COc1ccc(CNC(=O)c2cc(-c3ccccc3)nc3c2c(C)nn3C)cn1. The number of nitrogens with zero attached hydrogens (tertiary/aromatic N) is 4. The van der Waals surface area contributed by atoms with Gasteiger partial charge in [0.25, 0.3) is 5.91 Å². The Bertz CT molecular complexity index is 1170. The van der Waals surface area contributed by atoms with E-state index in [1.807, 2.05) is 56.4 Å². The molecule has 146 valence electrons. The number of ether oxygens (including phenoxy) is 1. The Morgan fingerprint density at radius 1 is 1.17 bits per heavy atom. The molecule has 29 heavy (non-hydrogen) atoms. The summed E-state index contributed by atoms with van der Waals surface area (Å²) in [5, 5.41) is 8.19. The number of hydrogen-bond donors (Lipinski definition) is 1. The van der Waals surface area contributed by atoms with E-state index in [1.165, 1.54) is 0 Å². The number of rotatable bonds is 5. The highest BCUT2D eigenvalue weighted by atomic mass is 16.5. The number of methoxy groups -OCH3 is 1. The second kappa shape index (κ2) is 7.71. The maximum atomic E-state index is 13.1. The van der Waals surface area contributed by atoms with E-state index in [0.717, 1.165) is 27.9 Å². The minimum absolute atomic E-state index is 0.179. The second-order valence-electron chi connectivity index (χ2n) is 6.72. The van der Waals surface area contributed by atoms with Crippen molar-refractivity contribution in [3.05, 3.63) is 71.5 Å². The van der Waals surface area contributed by atoms with Crippen LogP contribution in [0.2, 0.25) is 0 Å². The number of amides is 1. The molecule has 0 aliphatic heterocycles. The summed E-state index contributed by atoms with van der Waals surface area (Å²) in [6, 6.07) is 15.3. The number of pyridine rings is 2. The Morgan fingerprint density at radius 3 is 2.66 bits per heavy atom. The Labute approximate surface area is 168 Å². The number of carbonyl (C=O) groups excluding carboxylic acids is 1. The van der Waals surface area contributed by atoms with Gasteiger partial charge in [0.2, 0.25) is 5.88 Å². The van der Waals surface area contributed by atoms with Gasteiger partial charge in [-0.3, -0.25) is 9.48 Å². The molecule has 7 nitrogen and oxygen atoms in total. The van der Waals surface area contributed by atoms with E-state index in [0.29, 0.717) is 23.6 Å². The summed E-state index contributed by atoms with van der Waals surface area (Å²) in [6.45, 7) is 2.25. The van der Waals surface area contributed by atoms with E-state index in [-0.39, 0.29) is 5.91 Å². The van der Waals surface area contributed by atoms with Gasteiger partial charge in [-0.25, -0.2) is 9.97 Å². The van der Waals surface area contributed by atoms with Crippen LogP contribution in [0.5, 0.6) is 5.88 Å². The van der Waals surface area contributed by atoms with Crippen LogP contribution in [0.3, 0.4) is 0 Å². The lowest BCUT2D eigenvalue weighted by Crippen LogP contribution is -2.23. The van der Waals surface area contributed by atoms with Gasteiger partial charge in [0.15, 0.2) is 5.65 Å². The summed E-state index contributed by atoms with van der Waals surface area (Å²) < 4.78 is 6.78. The fourth-order valence-corrected chi connectivity index (χ4v) is 3.29. The first kappa shape index (κ1) is 18.6. The minimum Gasteiger partial charge on any atom is -0.481 e. The number of aryl methyl sites for hydroxylation is 2. The Balaban J connectivity index is 1.70. The van der Waals surface area contributed by atoms with Crippen molar-refractivity contribution < 1.29 is 9.53 Å². The normalized spacial score (nSPS) is 10.9. The smallest absolute Gasteiger partial charge is 0.252 e. The average Bonchev–Trinajstić information content (AvgIpc) is 3.06. The van der Waals surface area contributed by atoms with Crippen molar-refractivity contribution in [2.24, 2.45) is 7.05 Å². The predicted molar refractivity (Wildman–Crippen MR) is 111 cm³/mol. The van der Waals surface area contributed by atoms with Gasteiger partial charge in [-0.1, -0.05) is 36.4 Å². The molecule has 0 bridgehead atoms. The standard InChI is InChI=1S/C22H21N5O2/c1-14-20-17(22(28)24-13-15-9-10-19(29-3)23-12-15)11-18(16-7-5-4-6-8-16)25-21(20)27(2)26-14/h4-12H,13H2,1-3H3,(H,24,28). The Morgan fingerprint density at radius 2 is 1.97 bits per heavy atom. The number of carbonyl (C=O) groups is 1. The van der Waals surface area contributed by atoms with Crippen LogP contribution in [0.1, 0.15) is 21.6 Å². The maximum absolute atomic E-state index is 13.1. The van der Waals surface area contributed by atoms with Gasteiger partial charge < -0.3 is 10.1 Å². The highest BCUT2D eigenvalue weighted by Crippen LogP contribution is 2.26. The molecule has 0 atom stereocenters. The van der Waals surface area contributed by atoms with Crippen molar-refractivity contribution in [3.63, 3.8) is 0 Å². The monoisotopic (exact) mass is 387 g/mol. The van der Waals surface area contributed by atoms with Gasteiger partial charge in [0, 0.05) is 31.4 Å². The fraction of sp³-hybridized carbons (Fsp3) is 0.182. The van der Waals surface area contributed by atoms with Crippen molar-refractivity contribution in [1.82, 2.24) is 25.1 Å². The molecule has 0 aliphatic rings. The van der Waals surface area contributed by atoms with Gasteiger partial charge in [0.1, 0.15) is 0 Å². The van der Waals surface area contributed by atoms with Gasteiger partial charge in [-0.2, -0.15) is 5.10 Å². The number of hydrogen-bond acceptors (Lipinski definition) is 5.